The number of carbonyl (C=O) groups is 1. The zero-order valence-electron chi connectivity index (χ0n) is 17.9. The van der Waals surface area contributed by atoms with Crippen LogP contribution in [0.15, 0.2) is 72.8 Å². The van der Waals surface area contributed by atoms with Crippen molar-refractivity contribution in [3.05, 3.63) is 89.5 Å². The van der Waals surface area contributed by atoms with Crippen molar-refractivity contribution >= 4 is 17.3 Å². The molecule has 0 aromatic heterocycles. The van der Waals surface area contributed by atoms with Crippen LogP contribution in [0, 0.1) is 12.8 Å². The predicted octanol–water partition coefficient (Wildman–Crippen LogP) is 6.17. The van der Waals surface area contributed by atoms with E-state index in [2.05, 4.69) is 35.8 Å². The quantitative estimate of drug-likeness (QED) is 0.450. The van der Waals surface area contributed by atoms with Crippen molar-refractivity contribution in [1.29, 1.82) is 0 Å². The molecule has 0 unspecified atom stereocenters. The zero-order valence-corrected chi connectivity index (χ0v) is 17.9. The molecule has 0 aliphatic heterocycles. The first-order valence-corrected chi connectivity index (χ1v) is 10.4. The summed E-state index contributed by atoms with van der Waals surface area (Å²) < 4.78 is 6.11. The lowest BCUT2D eigenvalue weighted by atomic mass is 10.1. The van der Waals surface area contributed by atoms with Crippen LogP contribution in [-0.4, -0.2) is 5.91 Å². The molecule has 3 rings (SSSR count). The van der Waals surface area contributed by atoms with Crippen LogP contribution in [0.2, 0.25) is 0 Å². The molecule has 0 atom stereocenters. The van der Waals surface area contributed by atoms with E-state index in [1.54, 1.807) is 0 Å². The van der Waals surface area contributed by atoms with Gasteiger partial charge in [0.2, 0.25) is 5.91 Å². The van der Waals surface area contributed by atoms with Gasteiger partial charge in [0.15, 0.2) is 0 Å². The number of benzene rings is 3. The Hall–Kier alpha value is -3.27. The van der Waals surface area contributed by atoms with Gasteiger partial charge in [-0.25, -0.2) is 0 Å². The summed E-state index contributed by atoms with van der Waals surface area (Å²) in [6, 6.07) is 24.1. The van der Waals surface area contributed by atoms with E-state index in [-0.39, 0.29) is 5.91 Å². The van der Waals surface area contributed by atoms with Crippen molar-refractivity contribution in [1.82, 2.24) is 0 Å². The van der Waals surface area contributed by atoms with E-state index in [0.29, 0.717) is 25.5 Å². The molecule has 4 nitrogen and oxygen atoms in total. The molecule has 0 radical (unpaired) electrons. The molecule has 0 aliphatic rings. The summed E-state index contributed by atoms with van der Waals surface area (Å²) in [4.78, 5) is 12.0. The molecule has 0 bridgehead atoms. The summed E-state index contributed by atoms with van der Waals surface area (Å²) in [5.74, 6) is 1.24. The fraction of sp³-hybridized carbons (Fsp3) is 0.269. The van der Waals surface area contributed by atoms with Crippen molar-refractivity contribution in [2.24, 2.45) is 5.92 Å². The summed E-state index contributed by atoms with van der Waals surface area (Å²) in [7, 11) is 0. The molecular weight excluding hydrogens is 372 g/mol. The molecule has 0 aliphatic carbocycles. The standard InChI is InChI=1S/C26H30N2O2/c1-19(2)15-26(29)28-24-13-8-12-23(16-24)27-17-21-10-6-7-14-25(21)30-18-22-11-5-4-9-20(22)3/h4-14,16,19,27H,15,17-18H2,1-3H3,(H,28,29). The average molecular weight is 403 g/mol. The van der Waals surface area contributed by atoms with Gasteiger partial charge in [-0.3, -0.25) is 4.79 Å². The van der Waals surface area contributed by atoms with Gasteiger partial charge in [-0.15, -0.1) is 0 Å². The van der Waals surface area contributed by atoms with E-state index in [0.717, 1.165) is 22.7 Å². The van der Waals surface area contributed by atoms with Crippen LogP contribution in [0.3, 0.4) is 0 Å². The molecule has 0 spiro atoms. The molecule has 0 fully saturated rings. The summed E-state index contributed by atoms with van der Waals surface area (Å²) in [6.07, 6.45) is 0.517. The largest absolute Gasteiger partial charge is 0.489 e. The Kier molecular flexibility index (Phi) is 7.50. The first-order chi connectivity index (χ1) is 14.5. The topological polar surface area (TPSA) is 50.4 Å². The lowest BCUT2D eigenvalue weighted by Crippen LogP contribution is -2.14. The maximum Gasteiger partial charge on any atom is 0.224 e. The molecule has 30 heavy (non-hydrogen) atoms. The number of hydrogen-bond donors (Lipinski definition) is 2. The Morgan fingerprint density at radius 1 is 0.900 bits per heavy atom. The van der Waals surface area contributed by atoms with Crippen molar-refractivity contribution in [3.8, 4) is 5.75 Å². The number of anilines is 2. The summed E-state index contributed by atoms with van der Waals surface area (Å²) >= 11 is 0. The van der Waals surface area contributed by atoms with E-state index < -0.39 is 0 Å². The number of carbonyl (C=O) groups excluding carboxylic acids is 1. The number of hydrogen-bond acceptors (Lipinski definition) is 3. The lowest BCUT2D eigenvalue weighted by molar-refractivity contribution is -0.116. The number of ether oxygens (including phenoxy) is 1. The summed E-state index contributed by atoms with van der Waals surface area (Å²) in [6.45, 7) is 7.35. The van der Waals surface area contributed by atoms with Crippen molar-refractivity contribution < 1.29 is 9.53 Å². The number of nitrogens with one attached hydrogen (secondary N) is 2. The molecule has 0 saturated carbocycles. The third-order valence-electron chi connectivity index (χ3n) is 4.84. The number of aryl methyl sites for hydroxylation is 1. The van der Waals surface area contributed by atoms with Crippen molar-refractivity contribution in [2.75, 3.05) is 10.6 Å². The van der Waals surface area contributed by atoms with E-state index in [1.165, 1.54) is 11.1 Å². The van der Waals surface area contributed by atoms with Gasteiger partial charge in [-0.1, -0.05) is 62.4 Å². The average Bonchev–Trinajstić information content (AvgIpc) is 2.72. The lowest BCUT2D eigenvalue weighted by Gasteiger charge is -2.14. The molecule has 4 heteroatoms. The molecular formula is C26H30N2O2. The van der Waals surface area contributed by atoms with Gasteiger partial charge < -0.3 is 15.4 Å². The summed E-state index contributed by atoms with van der Waals surface area (Å²) in [5.41, 5.74) is 5.25. The summed E-state index contributed by atoms with van der Waals surface area (Å²) in [5, 5.41) is 6.40. The van der Waals surface area contributed by atoms with Crippen LogP contribution < -0.4 is 15.4 Å². The Labute approximate surface area is 179 Å². The van der Waals surface area contributed by atoms with Gasteiger partial charge in [0.05, 0.1) is 0 Å². The van der Waals surface area contributed by atoms with Gasteiger partial charge in [0.1, 0.15) is 12.4 Å². The fourth-order valence-corrected chi connectivity index (χ4v) is 3.21. The van der Waals surface area contributed by atoms with Crippen LogP contribution in [-0.2, 0) is 17.9 Å². The van der Waals surface area contributed by atoms with Crippen LogP contribution in [0.25, 0.3) is 0 Å². The molecule has 156 valence electrons. The van der Waals surface area contributed by atoms with E-state index in [4.69, 9.17) is 4.74 Å². The third kappa shape index (κ3) is 6.38. The highest BCUT2D eigenvalue weighted by molar-refractivity contribution is 5.91. The molecule has 0 heterocycles. The van der Waals surface area contributed by atoms with Crippen LogP contribution >= 0.6 is 0 Å². The van der Waals surface area contributed by atoms with Gasteiger partial charge in [0, 0.05) is 29.9 Å². The third-order valence-corrected chi connectivity index (χ3v) is 4.84. The molecule has 2 N–H and O–H groups in total. The number of amides is 1. The maximum absolute atomic E-state index is 12.0. The van der Waals surface area contributed by atoms with Gasteiger partial charge in [-0.2, -0.15) is 0 Å². The predicted molar refractivity (Wildman–Crippen MR) is 124 cm³/mol. The van der Waals surface area contributed by atoms with Crippen molar-refractivity contribution in [3.63, 3.8) is 0 Å². The SMILES string of the molecule is Cc1ccccc1COc1ccccc1CNc1cccc(NC(=O)CC(C)C)c1. The minimum Gasteiger partial charge on any atom is -0.489 e. The normalized spacial score (nSPS) is 10.7. The first-order valence-electron chi connectivity index (χ1n) is 10.4. The highest BCUT2D eigenvalue weighted by Gasteiger charge is 2.07. The van der Waals surface area contributed by atoms with Gasteiger partial charge in [-0.05, 0) is 48.2 Å². The van der Waals surface area contributed by atoms with Crippen LogP contribution in [0.4, 0.5) is 11.4 Å². The van der Waals surface area contributed by atoms with E-state index >= 15 is 0 Å². The minimum absolute atomic E-state index is 0.0390. The Balaban J connectivity index is 1.62. The second-order valence-corrected chi connectivity index (χ2v) is 7.90. The van der Waals surface area contributed by atoms with Crippen LogP contribution in [0.1, 0.15) is 37.0 Å². The van der Waals surface area contributed by atoms with E-state index in [1.807, 2.05) is 68.4 Å². The fourth-order valence-electron chi connectivity index (χ4n) is 3.21. The number of para-hydroxylation sites is 1. The van der Waals surface area contributed by atoms with Gasteiger partial charge >= 0.3 is 0 Å². The Morgan fingerprint density at radius 3 is 2.37 bits per heavy atom. The number of rotatable bonds is 9. The monoisotopic (exact) mass is 402 g/mol. The first kappa shape index (κ1) is 21.4. The molecule has 3 aromatic rings. The Morgan fingerprint density at radius 2 is 1.60 bits per heavy atom. The van der Waals surface area contributed by atoms with Crippen molar-refractivity contribution in [2.45, 2.75) is 40.3 Å². The zero-order chi connectivity index (χ0) is 21.3. The second kappa shape index (κ2) is 10.5. The molecule has 0 saturated heterocycles. The van der Waals surface area contributed by atoms with E-state index in [9.17, 15) is 4.79 Å². The molecule has 1 amide bonds. The minimum atomic E-state index is 0.0390. The highest BCUT2D eigenvalue weighted by atomic mass is 16.5. The second-order valence-electron chi connectivity index (χ2n) is 7.90. The Bertz CT molecular complexity index is 982. The maximum atomic E-state index is 12.0. The highest BCUT2D eigenvalue weighted by Crippen LogP contribution is 2.23. The molecule has 3 aromatic carbocycles. The van der Waals surface area contributed by atoms with Crippen LogP contribution in [0.5, 0.6) is 5.75 Å². The smallest absolute Gasteiger partial charge is 0.224 e. The van der Waals surface area contributed by atoms with Gasteiger partial charge in [0.25, 0.3) is 0 Å².